The Bertz CT molecular complexity index is 697. The van der Waals surface area contributed by atoms with Gasteiger partial charge in [0.15, 0.2) is 0 Å². The van der Waals surface area contributed by atoms with Crippen LogP contribution in [0.2, 0.25) is 0 Å². The Kier molecular flexibility index (Phi) is 6.76. The highest BCUT2D eigenvalue weighted by Crippen LogP contribution is 2.33. The lowest BCUT2D eigenvalue weighted by Gasteiger charge is -2.35. The third kappa shape index (κ3) is 3.74. The molecule has 9 heteroatoms. The van der Waals surface area contributed by atoms with Crippen LogP contribution in [-0.2, 0) is 6.54 Å². The smallest absolute Gasteiger partial charge is 0.277 e. The first-order chi connectivity index (χ1) is 10.1. The molecule has 2 heterocycles. The van der Waals surface area contributed by atoms with Crippen molar-refractivity contribution < 1.29 is 9.18 Å². The molecular weight excluding hydrogens is 362 g/mol. The molecule has 0 saturated heterocycles. The third-order valence-corrected chi connectivity index (χ3v) is 4.36. The van der Waals surface area contributed by atoms with Gasteiger partial charge < -0.3 is 15.5 Å². The topological polar surface area (TPSA) is 62.5 Å². The molecule has 0 spiro atoms. The lowest BCUT2D eigenvalue weighted by Crippen LogP contribution is -2.42. The second-order valence-electron chi connectivity index (χ2n) is 4.84. The average molecular weight is 379 g/mol. The number of thiazole rings is 1. The van der Waals surface area contributed by atoms with E-state index < -0.39 is 0 Å². The highest BCUT2D eigenvalue weighted by atomic mass is 35.5. The Hall–Kier alpha value is -1.41. The van der Waals surface area contributed by atoms with Gasteiger partial charge in [-0.2, -0.15) is 0 Å². The lowest BCUT2D eigenvalue weighted by molar-refractivity contribution is 0.0982. The fourth-order valence-electron chi connectivity index (χ4n) is 2.37. The van der Waals surface area contributed by atoms with Gasteiger partial charge in [-0.3, -0.25) is 4.79 Å². The van der Waals surface area contributed by atoms with Crippen molar-refractivity contribution in [1.29, 1.82) is 0 Å². The van der Waals surface area contributed by atoms with E-state index in [9.17, 15) is 9.18 Å². The van der Waals surface area contributed by atoms with Crippen LogP contribution in [0.5, 0.6) is 0 Å². The van der Waals surface area contributed by atoms with E-state index in [4.69, 9.17) is 5.73 Å². The molecule has 0 radical (unpaired) electrons. The molecule has 0 atom stereocenters. The maximum Gasteiger partial charge on any atom is 0.277 e. The van der Waals surface area contributed by atoms with Crippen LogP contribution in [0.1, 0.15) is 15.5 Å². The maximum atomic E-state index is 13.4. The van der Waals surface area contributed by atoms with Gasteiger partial charge >= 0.3 is 0 Å². The molecule has 0 aliphatic carbocycles. The zero-order chi connectivity index (χ0) is 15.0. The van der Waals surface area contributed by atoms with Gasteiger partial charge in [0.05, 0.1) is 11.4 Å². The van der Waals surface area contributed by atoms with Crippen LogP contribution in [0.4, 0.5) is 15.8 Å². The largest absolute Gasteiger partial charge is 0.371 e. The highest BCUT2D eigenvalue weighted by molar-refractivity contribution is 7.09. The van der Waals surface area contributed by atoms with Gasteiger partial charge in [-0.25, -0.2) is 9.37 Å². The van der Waals surface area contributed by atoms with Crippen molar-refractivity contribution in [2.75, 3.05) is 29.9 Å². The summed E-state index contributed by atoms with van der Waals surface area (Å²) in [7, 11) is 1.88. The predicted octanol–water partition coefficient (Wildman–Crippen LogP) is 2.68. The molecule has 2 N–H and O–H groups in total. The molecule has 1 amide bonds. The van der Waals surface area contributed by atoms with Crippen LogP contribution in [0, 0.1) is 5.82 Å². The number of nitrogens with two attached hydrogens (primary N) is 1. The predicted molar refractivity (Wildman–Crippen MR) is 95.8 cm³/mol. The second-order valence-corrected chi connectivity index (χ2v) is 5.78. The zero-order valence-electron chi connectivity index (χ0n) is 12.4. The van der Waals surface area contributed by atoms with E-state index in [0.717, 1.165) is 5.01 Å². The number of rotatable bonds is 2. The number of carbonyl (C=O) groups excluding carboxylic acids is 1. The van der Waals surface area contributed by atoms with Crippen molar-refractivity contribution >= 4 is 53.4 Å². The van der Waals surface area contributed by atoms with Gasteiger partial charge in [0.2, 0.25) is 0 Å². The fourth-order valence-corrected chi connectivity index (χ4v) is 3.02. The Morgan fingerprint density at radius 3 is 2.74 bits per heavy atom. The monoisotopic (exact) mass is 378 g/mol. The number of halogens is 3. The first kappa shape index (κ1) is 19.6. The second kappa shape index (κ2) is 7.92. The van der Waals surface area contributed by atoms with E-state index in [0.29, 0.717) is 36.7 Å². The number of benzene rings is 1. The summed E-state index contributed by atoms with van der Waals surface area (Å²) in [5, 5.41) is 2.44. The number of aromatic nitrogens is 1. The van der Waals surface area contributed by atoms with Crippen LogP contribution < -0.4 is 15.5 Å². The van der Waals surface area contributed by atoms with E-state index in [1.165, 1.54) is 23.5 Å². The van der Waals surface area contributed by atoms with Gasteiger partial charge in [0, 0.05) is 32.1 Å². The molecular formula is C14H17Cl2FN4OS. The van der Waals surface area contributed by atoms with Gasteiger partial charge in [-0.05, 0) is 18.2 Å². The van der Waals surface area contributed by atoms with Gasteiger partial charge in [0.1, 0.15) is 16.5 Å². The Morgan fingerprint density at radius 1 is 1.35 bits per heavy atom. The summed E-state index contributed by atoms with van der Waals surface area (Å²) in [5.41, 5.74) is 7.33. The first-order valence-electron chi connectivity index (χ1n) is 6.57. The lowest BCUT2D eigenvalue weighted by atomic mass is 10.1. The van der Waals surface area contributed by atoms with Crippen molar-refractivity contribution in [3.05, 3.63) is 40.1 Å². The normalized spacial score (nSPS) is 13.0. The van der Waals surface area contributed by atoms with E-state index in [1.807, 2.05) is 11.9 Å². The summed E-state index contributed by atoms with van der Waals surface area (Å²) in [6.45, 7) is 1.52. The highest BCUT2D eigenvalue weighted by Gasteiger charge is 2.27. The van der Waals surface area contributed by atoms with Gasteiger partial charge in [-0.1, -0.05) is 0 Å². The van der Waals surface area contributed by atoms with Crippen molar-refractivity contribution in [2.24, 2.45) is 5.73 Å². The molecule has 0 unspecified atom stereocenters. The molecule has 1 aromatic carbocycles. The zero-order valence-corrected chi connectivity index (χ0v) is 14.8. The summed E-state index contributed by atoms with van der Waals surface area (Å²) in [4.78, 5) is 20.4. The van der Waals surface area contributed by atoms with Crippen molar-refractivity contribution in [3.8, 4) is 0 Å². The minimum Gasteiger partial charge on any atom is -0.371 e. The van der Waals surface area contributed by atoms with E-state index in [1.54, 1.807) is 16.3 Å². The molecule has 1 aliphatic rings. The molecule has 23 heavy (non-hydrogen) atoms. The summed E-state index contributed by atoms with van der Waals surface area (Å²) >= 11 is 1.37. The standard InChI is InChI=1S/C14H15FN4OS.2ClH/c1-18-4-5-19(11-3-2-9(15)6-12(11)18)14(20)10-8-21-13(7-16)17-10;;/h2-3,6,8H,4-5,7,16H2,1H3;2*1H. The van der Waals surface area contributed by atoms with Gasteiger partial charge in [-0.15, -0.1) is 36.2 Å². The maximum absolute atomic E-state index is 13.4. The third-order valence-electron chi connectivity index (χ3n) is 3.49. The number of likely N-dealkylation sites (N-methyl/N-ethyl adjacent to an activating group) is 1. The number of hydrogen-bond acceptors (Lipinski definition) is 5. The summed E-state index contributed by atoms with van der Waals surface area (Å²) in [6, 6.07) is 4.44. The number of carbonyl (C=O) groups is 1. The number of anilines is 2. The van der Waals surface area contributed by atoms with Crippen molar-refractivity contribution in [2.45, 2.75) is 6.54 Å². The number of hydrogen-bond donors (Lipinski definition) is 1. The SMILES string of the molecule is CN1CCN(C(=O)c2csc(CN)n2)c2ccc(F)cc21.Cl.Cl. The molecule has 3 rings (SSSR count). The fraction of sp³-hybridized carbons (Fsp3) is 0.286. The van der Waals surface area contributed by atoms with Crippen LogP contribution in [0.25, 0.3) is 0 Å². The van der Waals surface area contributed by atoms with Crippen LogP contribution in [0.3, 0.4) is 0 Å². The van der Waals surface area contributed by atoms with E-state index >= 15 is 0 Å². The molecule has 126 valence electrons. The molecule has 0 saturated carbocycles. The van der Waals surface area contributed by atoms with Crippen LogP contribution in [0.15, 0.2) is 23.6 Å². The van der Waals surface area contributed by atoms with Crippen molar-refractivity contribution in [3.63, 3.8) is 0 Å². The molecule has 2 aromatic rings. The summed E-state index contributed by atoms with van der Waals surface area (Å²) in [6.07, 6.45) is 0. The van der Waals surface area contributed by atoms with Crippen LogP contribution >= 0.6 is 36.2 Å². The molecule has 5 nitrogen and oxygen atoms in total. The Labute approximate surface area is 150 Å². The minimum atomic E-state index is -0.311. The first-order valence-corrected chi connectivity index (χ1v) is 7.45. The number of fused-ring (bicyclic) bond motifs is 1. The summed E-state index contributed by atoms with van der Waals surface area (Å²) < 4.78 is 13.4. The molecule has 1 aromatic heterocycles. The molecule has 0 bridgehead atoms. The van der Waals surface area contributed by atoms with E-state index in [-0.39, 0.29) is 36.5 Å². The average Bonchev–Trinajstić information content (AvgIpc) is 2.96. The molecule has 1 aliphatic heterocycles. The summed E-state index contributed by atoms with van der Waals surface area (Å²) in [5.74, 6) is -0.485. The Morgan fingerprint density at radius 2 is 2.09 bits per heavy atom. The number of nitrogens with zero attached hydrogens (tertiary/aromatic N) is 3. The van der Waals surface area contributed by atoms with E-state index in [2.05, 4.69) is 4.98 Å². The van der Waals surface area contributed by atoms with Crippen LogP contribution in [-0.4, -0.2) is 31.0 Å². The Balaban J connectivity index is 0.00000132. The molecule has 0 fully saturated rings. The number of amides is 1. The van der Waals surface area contributed by atoms with Gasteiger partial charge in [0.25, 0.3) is 5.91 Å². The van der Waals surface area contributed by atoms with Crippen molar-refractivity contribution in [1.82, 2.24) is 4.98 Å². The minimum absolute atomic E-state index is 0. The quantitative estimate of drug-likeness (QED) is 0.872.